The fourth-order valence-electron chi connectivity index (χ4n) is 2.96. The van der Waals surface area contributed by atoms with Crippen LogP contribution < -0.4 is 10.6 Å². The minimum Gasteiger partial charge on any atom is -0.357 e. The van der Waals surface area contributed by atoms with E-state index in [1.165, 1.54) is 32.1 Å². The van der Waals surface area contributed by atoms with Crippen LogP contribution in [0.4, 0.5) is 0 Å². The van der Waals surface area contributed by atoms with Gasteiger partial charge >= 0.3 is 0 Å². The fourth-order valence-corrected chi connectivity index (χ4v) is 2.96. The number of guanidine groups is 1. The van der Waals surface area contributed by atoms with Gasteiger partial charge in [0.2, 0.25) is 0 Å². The van der Waals surface area contributed by atoms with Gasteiger partial charge in [-0.25, -0.2) is 0 Å². The van der Waals surface area contributed by atoms with Crippen LogP contribution in [0.2, 0.25) is 0 Å². The van der Waals surface area contributed by atoms with E-state index in [1.54, 1.807) is 0 Å². The molecule has 0 aliphatic heterocycles. The van der Waals surface area contributed by atoms with Crippen LogP contribution in [0.25, 0.3) is 0 Å². The maximum absolute atomic E-state index is 4.80. The third-order valence-corrected chi connectivity index (χ3v) is 3.70. The second kappa shape index (κ2) is 8.50. The number of nitrogens with one attached hydrogen (secondary N) is 2. The van der Waals surface area contributed by atoms with Crippen LogP contribution in [-0.2, 0) is 0 Å². The Balaban J connectivity index is 2.52. The first kappa shape index (κ1) is 17.3. The Kier molecular flexibility index (Phi) is 7.35. The van der Waals surface area contributed by atoms with Crippen molar-refractivity contribution in [3.8, 4) is 0 Å². The Morgan fingerprint density at radius 2 is 1.85 bits per heavy atom. The van der Waals surface area contributed by atoms with Gasteiger partial charge < -0.3 is 15.5 Å². The van der Waals surface area contributed by atoms with Gasteiger partial charge in [0.05, 0.1) is 0 Å². The Bertz CT molecular complexity index is 291. The van der Waals surface area contributed by atoms with E-state index in [4.69, 9.17) is 4.99 Å². The molecule has 20 heavy (non-hydrogen) atoms. The Hall–Kier alpha value is -0.770. The number of rotatable bonds is 6. The Morgan fingerprint density at radius 1 is 1.20 bits per heavy atom. The summed E-state index contributed by atoms with van der Waals surface area (Å²) in [5, 5.41) is 6.99. The van der Waals surface area contributed by atoms with E-state index < -0.39 is 0 Å². The van der Waals surface area contributed by atoms with Gasteiger partial charge in [-0.05, 0) is 39.3 Å². The van der Waals surface area contributed by atoms with Gasteiger partial charge in [-0.2, -0.15) is 0 Å². The predicted octanol–water partition coefficient (Wildman–Crippen LogP) is 2.46. The predicted molar refractivity (Wildman–Crippen MR) is 88.3 cm³/mol. The third-order valence-electron chi connectivity index (χ3n) is 3.70. The molecule has 0 aromatic heterocycles. The Labute approximate surface area is 125 Å². The summed E-state index contributed by atoms with van der Waals surface area (Å²) in [4.78, 5) is 7.03. The minimum atomic E-state index is 0.207. The number of nitrogens with zero attached hydrogens (tertiary/aromatic N) is 2. The van der Waals surface area contributed by atoms with Crippen molar-refractivity contribution in [2.24, 2.45) is 10.4 Å². The highest BCUT2D eigenvalue weighted by Crippen LogP contribution is 2.18. The first-order valence-electron chi connectivity index (χ1n) is 8.12. The van der Waals surface area contributed by atoms with Crippen molar-refractivity contribution in [1.29, 1.82) is 0 Å². The molecule has 1 saturated carbocycles. The summed E-state index contributed by atoms with van der Waals surface area (Å²) in [5.74, 6) is 0.992. The van der Waals surface area contributed by atoms with Gasteiger partial charge in [-0.15, -0.1) is 0 Å². The van der Waals surface area contributed by atoms with Crippen LogP contribution in [0.15, 0.2) is 4.99 Å². The molecule has 0 spiro atoms. The van der Waals surface area contributed by atoms with Crippen molar-refractivity contribution in [1.82, 2.24) is 15.5 Å². The summed E-state index contributed by atoms with van der Waals surface area (Å²) in [6.07, 6.45) is 6.66. The number of hydrogen-bond acceptors (Lipinski definition) is 2. The van der Waals surface area contributed by atoms with Crippen LogP contribution in [0, 0.1) is 5.41 Å². The van der Waals surface area contributed by atoms with E-state index in [2.05, 4.69) is 50.4 Å². The quantitative estimate of drug-likeness (QED) is 0.581. The summed E-state index contributed by atoms with van der Waals surface area (Å²) in [6, 6.07) is 0.610. The van der Waals surface area contributed by atoms with Crippen molar-refractivity contribution in [2.75, 3.05) is 33.7 Å². The SMILES string of the molecule is CCNC(=NCC(C)(C)CN(C)C)NC1CCCCC1. The van der Waals surface area contributed by atoms with Gasteiger partial charge in [0.1, 0.15) is 0 Å². The van der Waals surface area contributed by atoms with Crippen molar-refractivity contribution < 1.29 is 0 Å². The first-order valence-corrected chi connectivity index (χ1v) is 8.12. The lowest BCUT2D eigenvalue weighted by molar-refractivity contribution is 0.248. The van der Waals surface area contributed by atoms with Gasteiger partial charge in [0.25, 0.3) is 0 Å². The molecular weight excluding hydrogens is 248 g/mol. The molecule has 0 saturated heterocycles. The van der Waals surface area contributed by atoms with E-state index in [1.807, 2.05) is 0 Å². The summed E-state index contributed by atoms with van der Waals surface area (Å²) < 4.78 is 0. The second-order valence-corrected chi connectivity index (χ2v) is 7.08. The average molecular weight is 282 g/mol. The monoisotopic (exact) mass is 282 g/mol. The highest BCUT2D eigenvalue weighted by atomic mass is 15.2. The van der Waals surface area contributed by atoms with Crippen LogP contribution in [0.5, 0.6) is 0 Å². The summed E-state index contributed by atoms with van der Waals surface area (Å²) >= 11 is 0. The second-order valence-electron chi connectivity index (χ2n) is 7.08. The van der Waals surface area contributed by atoms with Gasteiger partial charge in [0.15, 0.2) is 5.96 Å². The molecule has 1 aliphatic carbocycles. The average Bonchev–Trinajstić information content (AvgIpc) is 2.36. The molecule has 0 atom stereocenters. The van der Waals surface area contributed by atoms with Crippen LogP contribution >= 0.6 is 0 Å². The molecular formula is C16H34N4. The summed E-state index contributed by atoms with van der Waals surface area (Å²) in [6.45, 7) is 9.52. The highest BCUT2D eigenvalue weighted by molar-refractivity contribution is 5.80. The van der Waals surface area contributed by atoms with Crippen molar-refractivity contribution >= 4 is 5.96 Å². The molecule has 0 heterocycles. The van der Waals surface area contributed by atoms with Crippen LogP contribution in [0.3, 0.4) is 0 Å². The molecule has 1 fully saturated rings. The summed E-state index contributed by atoms with van der Waals surface area (Å²) in [5.41, 5.74) is 0.207. The zero-order valence-corrected chi connectivity index (χ0v) is 14.1. The van der Waals surface area contributed by atoms with E-state index >= 15 is 0 Å². The molecule has 0 aromatic rings. The normalized spacial score (nSPS) is 18.4. The molecule has 4 heteroatoms. The molecule has 0 radical (unpaired) electrons. The van der Waals surface area contributed by atoms with Crippen molar-refractivity contribution in [2.45, 2.75) is 58.9 Å². The van der Waals surface area contributed by atoms with Crippen molar-refractivity contribution in [3.05, 3.63) is 0 Å². The topological polar surface area (TPSA) is 39.7 Å². The maximum Gasteiger partial charge on any atom is 0.191 e. The van der Waals surface area contributed by atoms with E-state index in [9.17, 15) is 0 Å². The molecule has 1 rings (SSSR count). The zero-order valence-electron chi connectivity index (χ0n) is 14.1. The number of hydrogen-bond donors (Lipinski definition) is 2. The maximum atomic E-state index is 4.80. The molecule has 0 aromatic carbocycles. The fraction of sp³-hybridized carbons (Fsp3) is 0.938. The Morgan fingerprint density at radius 3 is 2.40 bits per heavy atom. The largest absolute Gasteiger partial charge is 0.357 e. The first-order chi connectivity index (χ1) is 9.43. The lowest BCUT2D eigenvalue weighted by atomic mass is 9.93. The molecule has 0 bridgehead atoms. The number of aliphatic imine (C=N–C) groups is 1. The van der Waals surface area contributed by atoms with Gasteiger partial charge in [-0.1, -0.05) is 33.1 Å². The van der Waals surface area contributed by atoms with E-state index in [0.29, 0.717) is 6.04 Å². The minimum absolute atomic E-state index is 0.207. The highest BCUT2D eigenvalue weighted by Gasteiger charge is 2.19. The van der Waals surface area contributed by atoms with E-state index in [-0.39, 0.29) is 5.41 Å². The van der Waals surface area contributed by atoms with Crippen LogP contribution in [0.1, 0.15) is 52.9 Å². The molecule has 1 aliphatic rings. The molecule has 4 nitrogen and oxygen atoms in total. The standard InChI is InChI=1S/C16H34N4/c1-6-17-15(19-14-10-8-7-9-11-14)18-12-16(2,3)13-20(4)5/h14H,6-13H2,1-5H3,(H2,17,18,19). The molecule has 0 unspecified atom stereocenters. The van der Waals surface area contributed by atoms with Gasteiger partial charge in [0, 0.05) is 25.7 Å². The zero-order chi connectivity index (χ0) is 15.0. The molecule has 118 valence electrons. The van der Waals surface area contributed by atoms with E-state index in [0.717, 1.165) is 25.6 Å². The van der Waals surface area contributed by atoms with Crippen molar-refractivity contribution in [3.63, 3.8) is 0 Å². The molecule has 2 N–H and O–H groups in total. The third kappa shape index (κ3) is 7.13. The molecule has 0 amide bonds. The summed E-state index contributed by atoms with van der Waals surface area (Å²) in [7, 11) is 4.24. The smallest absolute Gasteiger partial charge is 0.191 e. The van der Waals surface area contributed by atoms with Gasteiger partial charge in [-0.3, -0.25) is 4.99 Å². The lowest BCUT2D eigenvalue weighted by Gasteiger charge is -2.28. The van der Waals surface area contributed by atoms with Crippen LogP contribution in [-0.4, -0.2) is 50.6 Å². The lowest BCUT2D eigenvalue weighted by Crippen LogP contribution is -2.45.